The summed E-state index contributed by atoms with van der Waals surface area (Å²) in [6.45, 7) is 6.07. The highest BCUT2D eigenvalue weighted by Crippen LogP contribution is 2.28. The van der Waals surface area contributed by atoms with Gasteiger partial charge < -0.3 is 9.88 Å². The fraction of sp³-hybridized carbons (Fsp3) is 0.562. The predicted molar refractivity (Wildman–Crippen MR) is 89.1 cm³/mol. The van der Waals surface area contributed by atoms with Gasteiger partial charge >= 0.3 is 0 Å². The number of rotatable bonds is 3. The second kappa shape index (κ2) is 6.13. The number of carbonyl (C=O) groups excluding carboxylic acids is 1. The van der Waals surface area contributed by atoms with Crippen molar-refractivity contribution in [3.05, 3.63) is 35.7 Å². The molecule has 0 saturated carbocycles. The van der Waals surface area contributed by atoms with Crippen LogP contribution >= 0.6 is 0 Å². The number of piperazine rings is 1. The van der Waals surface area contributed by atoms with Crippen molar-refractivity contribution >= 4 is 15.7 Å². The van der Waals surface area contributed by atoms with Gasteiger partial charge in [-0.05, 0) is 26.0 Å². The molecule has 23 heavy (non-hydrogen) atoms. The molecule has 0 aromatic carbocycles. The third-order valence-corrected chi connectivity index (χ3v) is 6.31. The van der Waals surface area contributed by atoms with Crippen molar-refractivity contribution in [2.45, 2.75) is 25.9 Å². The van der Waals surface area contributed by atoms with E-state index in [1.54, 1.807) is 23.2 Å². The Morgan fingerprint density at radius 3 is 2.70 bits per heavy atom. The number of sulfone groups is 1. The molecule has 7 heteroatoms. The smallest absolute Gasteiger partial charge is 0.270 e. The highest BCUT2D eigenvalue weighted by Gasteiger charge is 2.47. The second-order valence-corrected chi connectivity index (χ2v) is 8.72. The molecule has 2 aliphatic heterocycles. The van der Waals surface area contributed by atoms with Gasteiger partial charge in [0.25, 0.3) is 5.91 Å². The van der Waals surface area contributed by atoms with E-state index in [1.807, 2.05) is 13.8 Å². The number of aromatic amines is 1. The third kappa shape index (κ3) is 3.35. The molecule has 126 valence electrons. The van der Waals surface area contributed by atoms with E-state index >= 15 is 0 Å². The van der Waals surface area contributed by atoms with Gasteiger partial charge in [0.15, 0.2) is 9.84 Å². The van der Waals surface area contributed by atoms with Crippen LogP contribution in [0.5, 0.6) is 0 Å². The number of hydrogen-bond donors (Lipinski definition) is 1. The summed E-state index contributed by atoms with van der Waals surface area (Å²) in [7, 11) is -3.10. The van der Waals surface area contributed by atoms with E-state index in [-0.39, 0.29) is 29.5 Å². The first kappa shape index (κ1) is 16.3. The number of amides is 1. The van der Waals surface area contributed by atoms with E-state index in [1.165, 1.54) is 5.57 Å². The number of nitrogens with zero attached hydrogens (tertiary/aromatic N) is 2. The zero-order valence-electron chi connectivity index (χ0n) is 13.5. The van der Waals surface area contributed by atoms with Gasteiger partial charge in [-0.1, -0.05) is 11.6 Å². The van der Waals surface area contributed by atoms with Gasteiger partial charge in [0.2, 0.25) is 0 Å². The maximum absolute atomic E-state index is 12.7. The van der Waals surface area contributed by atoms with Crippen molar-refractivity contribution in [2.24, 2.45) is 0 Å². The number of hydrogen-bond acceptors (Lipinski definition) is 4. The number of carbonyl (C=O) groups is 1. The van der Waals surface area contributed by atoms with Crippen LogP contribution in [0.2, 0.25) is 0 Å². The van der Waals surface area contributed by atoms with Gasteiger partial charge in [-0.15, -0.1) is 0 Å². The summed E-state index contributed by atoms with van der Waals surface area (Å²) in [6.07, 6.45) is 3.83. The van der Waals surface area contributed by atoms with E-state index in [4.69, 9.17) is 0 Å². The molecule has 0 radical (unpaired) electrons. The monoisotopic (exact) mass is 337 g/mol. The van der Waals surface area contributed by atoms with E-state index in [9.17, 15) is 13.2 Å². The lowest BCUT2D eigenvalue weighted by atomic mass is 10.0. The lowest BCUT2D eigenvalue weighted by Gasteiger charge is -2.43. The summed E-state index contributed by atoms with van der Waals surface area (Å²) in [5.41, 5.74) is 1.73. The minimum Gasteiger partial charge on any atom is -0.357 e. The maximum atomic E-state index is 12.7. The normalized spacial score (nSPS) is 26.8. The zero-order chi connectivity index (χ0) is 16.6. The number of aromatic nitrogens is 1. The van der Waals surface area contributed by atoms with E-state index < -0.39 is 9.84 Å². The van der Waals surface area contributed by atoms with Crippen LogP contribution in [0.25, 0.3) is 0 Å². The van der Waals surface area contributed by atoms with Crippen LogP contribution < -0.4 is 0 Å². The molecule has 0 bridgehead atoms. The highest BCUT2D eigenvalue weighted by atomic mass is 32.2. The minimum absolute atomic E-state index is 0.0649. The molecular weight excluding hydrogens is 314 g/mol. The Morgan fingerprint density at radius 2 is 2.04 bits per heavy atom. The molecule has 2 atom stereocenters. The molecule has 0 aliphatic carbocycles. The second-order valence-electron chi connectivity index (χ2n) is 6.57. The summed E-state index contributed by atoms with van der Waals surface area (Å²) in [6, 6.07) is 3.15. The quantitative estimate of drug-likeness (QED) is 0.832. The van der Waals surface area contributed by atoms with Gasteiger partial charge in [0, 0.05) is 31.9 Å². The Bertz CT molecular complexity index is 705. The summed E-state index contributed by atoms with van der Waals surface area (Å²) in [5.74, 6) is 0.0991. The Balaban J connectivity index is 1.84. The van der Waals surface area contributed by atoms with E-state index in [0.717, 1.165) is 6.54 Å². The van der Waals surface area contributed by atoms with Crippen LogP contribution in [0.3, 0.4) is 0 Å². The molecule has 2 saturated heterocycles. The number of allylic oxidation sites excluding steroid dienone is 1. The minimum atomic E-state index is -3.10. The molecule has 1 N–H and O–H groups in total. The van der Waals surface area contributed by atoms with Crippen molar-refractivity contribution in [3.8, 4) is 0 Å². The van der Waals surface area contributed by atoms with Crippen molar-refractivity contribution in [2.75, 3.05) is 31.1 Å². The first-order valence-corrected chi connectivity index (χ1v) is 9.72. The molecule has 1 aromatic heterocycles. The van der Waals surface area contributed by atoms with Gasteiger partial charge in [-0.2, -0.15) is 0 Å². The SMILES string of the molecule is CC(C)=CCN1CCN(C(=O)c2ccc[nH]2)[C@@H]2CS(=O)(=O)C[C@@H]21. The van der Waals surface area contributed by atoms with E-state index in [0.29, 0.717) is 18.8 Å². The molecule has 1 aromatic rings. The van der Waals surface area contributed by atoms with Crippen molar-refractivity contribution in [3.63, 3.8) is 0 Å². The fourth-order valence-corrected chi connectivity index (χ4v) is 5.43. The van der Waals surface area contributed by atoms with Gasteiger partial charge in [0.05, 0.1) is 17.5 Å². The van der Waals surface area contributed by atoms with Gasteiger partial charge in [-0.25, -0.2) is 8.42 Å². The molecule has 2 fully saturated rings. The van der Waals surface area contributed by atoms with Crippen LogP contribution in [0.15, 0.2) is 30.0 Å². The standard InChI is InChI=1S/C16H23N3O3S/c1-12(2)5-7-18-8-9-19(16(20)13-4-3-6-17-13)15-11-23(21,22)10-14(15)18/h3-6,14-15,17H,7-11H2,1-2H3/t14-,15+/m0/s1. The Hall–Kier alpha value is -1.60. The van der Waals surface area contributed by atoms with Crippen LogP contribution in [0.4, 0.5) is 0 Å². The molecule has 0 spiro atoms. The first-order valence-electron chi connectivity index (χ1n) is 7.89. The Labute approximate surface area is 137 Å². The van der Waals surface area contributed by atoms with Crippen LogP contribution in [-0.2, 0) is 9.84 Å². The molecular formula is C16H23N3O3S. The number of H-pyrrole nitrogens is 1. The molecule has 0 unspecified atom stereocenters. The lowest BCUT2D eigenvalue weighted by molar-refractivity contribution is 0.0364. The summed E-state index contributed by atoms with van der Waals surface area (Å²) in [4.78, 5) is 19.5. The predicted octanol–water partition coefficient (Wildman–Crippen LogP) is 0.904. The fourth-order valence-electron chi connectivity index (χ4n) is 3.42. The molecule has 1 amide bonds. The molecule has 3 rings (SSSR count). The topological polar surface area (TPSA) is 73.5 Å². The van der Waals surface area contributed by atoms with Crippen LogP contribution in [0, 0.1) is 0 Å². The zero-order valence-corrected chi connectivity index (χ0v) is 14.3. The third-order valence-electron chi connectivity index (χ3n) is 4.61. The average Bonchev–Trinajstić information content (AvgIpc) is 3.09. The average molecular weight is 337 g/mol. The Kier molecular flexibility index (Phi) is 4.33. The van der Waals surface area contributed by atoms with Crippen molar-refractivity contribution in [1.29, 1.82) is 0 Å². The number of nitrogens with one attached hydrogen (secondary N) is 1. The molecule has 6 nitrogen and oxygen atoms in total. The Morgan fingerprint density at radius 1 is 1.30 bits per heavy atom. The summed E-state index contributed by atoms with van der Waals surface area (Å²) in [5, 5.41) is 0. The van der Waals surface area contributed by atoms with Crippen LogP contribution in [-0.4, -0.2) is 72.3 Å². The van der Waals surface area contributed by atoms with Gasteiger partial charge in [0.1, 0.15) is 5.69 Å². The largest absolute Gasteiger partial charge is 0.357 e. The highest BCUT2D eigenvalue weighted by molar-refractivity contribution is 7.91. The van der Waals surface area contributed by atoms with Gasteiger partial charge in [-0.3, -0.25) is 9.69 Å². The molecule has 2 aliphatic rings. The lowest BCUT2D eigenvalue weighted by Crippen LogP contribution is -2.60. The van der Waals surface area contributed by atoms with Crippen LogP contribution in [0.1, 0.15) is 24.3 Å². The molecule has 3 heterocycles. The van der Waals surface area contributed by atoms with Crippen molar-refractivity contribution in [1.82, 2.24) is 14.8 Å². The first-order chi connectivity index (χ1) is 10.9. The maximum Gasteiger partial charge on any atom is 0.270 e. The van der Waals surface area contributed by atoms with Crippen molar-refractivity contribution < 1.29 is 13.2 Å². The number of fused-ring (bicyclic) bond motifs is 1. The summed E-state index contributed by atoms with van der Waals surface area (Å²) >= 11 is 0. The summed E-state index contributed by atoms with van der Waals surface area (Å²) < 4.78 is 24.3. The van der Waals surface area contributed by atoms with E-state index in [2.05, 4.69) is 16.0 Å².